The van der Waals surface area contributed by atoms with Crippen molar-refractivity contribution in [1.82, 2.24) is 5.32 Å². The highest BCUT2D eigenvalue weighted by Crippen LogP contribution is 2.31. The normalized spacial score (nSPS) is 12.2. The smallest absolute Gasteiger partial charge is 0.264 e. The van der Waals surface area contributed by atoms with Gasteiger partial charge in [-0.1, -0.05) is 18.2 Å². The number of anilines is 1. The average Bonchev–Trinajstić information content (AvgIpc) is 2.78. The molecular formula is C23H22F2N2O4S. The third-order valence-electron chi connectivity index (χ3n) is 4.98. The Morgan fingerprint density at radius 3 is 2.31 bits per heavy atom. The van der Waals surface area contributed by atoms with Gasteiger partial charge in [-0.2, -0.15) is 0 Å². The summed E-state index contributed by atoms with van der Waals surface area (Å²) in [5.74, 6) is -1.60. The van der Waals surface area contributed by atoms with E-state index < -0.39 is 33.6 Å². The van der Waals surface area contributed by atoms with Crippen molar-refractivity contribution in [3.05, 3.63) is 89.5 Å². The first kappa shape index (κ1) is 23.2. The summed E-state index contributed by atoms with van der Waals surface area (Å²) in [6.45, 7) is 1.56. The van der Waals surface area contributed by atoms with Gasteiger partial charge in [-0.25, -0.2) is 17.2 Å². The number of halogens is 2. The van der Waals surface area contributed by atoms with Gasteiger partial charge in [0.25, 0.3) is 15.9 Å². The Kier molecular flexibility index (Phi) is 6.78. The lowest BCUT2D eigenvalue weighted by Gasteiger charge is -2.21. The Bertz CT molecular complexity index is 1230. The number of carbonyl (C=O) groups is 1. The molecule has 0 heterocycles. The van der Waals surface area contributed by atoms with Crippen molar-refractivity contribution in [3.8, 4) is 5.75 Å². The fourth-order valence-corrected chi connectivity index (χ4v) is 4.37. The predicted molar refractivity (Wildman–Crippen MR) is 117 cm³/mol. The summed E-state index contributed by atoms with van der Waals surface area (Å²) in [6, 6.07) is 14.5. The lowest BCUT2D eigenvalue weighted by atomic mass is 10.1. The number of nitrogens with zero attached hydrogens (tertiary/aromatic N) is 1. The van der Waals surface area contributed by atoms with Crippen LogP contribution in [0.2, 0.25) is 0 Å². The molecular weight excluding hydrogens is 438 g/mol. The van der Waals surface area contributed by atoms with Crippen molar-refractivity contribution in [2.45, 2.75) is 17.9 Å². The number of hydrogen-bond acceptors (Lipinski definition) is 4. The molecule has 168 valence electrons. The number of amides is 1. The van der Waals surface area contributed by atoms with E-state index in [9.17, 15) is 22.0 Å². The maximum absolute atomic E-state index is 13.9. The summed E-state index contributed by atoms with van der Waals surface area (Å²) < 4.78 is 59.4. The number of hydrogen-bond donors (Lipinski definition) is 1. The molecule has 1 N–H and O–H groups in total. The lowest BCUT2D eigenvalue weighted by Crippen LogP contribution is -2.28. The van der Waals surface area contributed by atoms with Crippen molar-refractivity contribution in [3.63, 3.8) is 0 Å². The number of carbonyl (C=O) groups excluding carboxylic acids is 1. The van der Waals surface area contributed by atoms with E-state index in [1.54, 1.807) is 31.2 Å². The third-order valence-corrected chi connectivity index (χ3v) is 6.76. The van der Waals surface area contributed by atoms with E-state index in [4.69, 9.17) is 4.74 Å². The molecule has 1 amide bonds. The van der Waals surface area contributed by atoms with Crippen LogP contribution in [0.3, 0.4) is 0 Å². The maximum Gasteiger partial charge on any atom is 0.264 e. The van der Waals surface area contributed by atoms with Crippen molar-refractivity contribution in [2.75, 3.05) is 18.5 Å². The van der Waals surface area contributed by atoms with Crippen LogP contribution in [0.15, 0.2) is 71.6 Å². The van der Waals surface area contributed by atoms with E-state index in [1.165, 1.54) is 44.5 Å². The third kappa shape index (κ3) is 4.72. The molecule has 3 aromatic rings. The summed E-state index contributed by atoms with van der Waals surface area (Å²) >= 11 is 0. The minimum Gasteiger partial charge on any atom is -0.495 e. The van der Waals surface area contributed by atoms with E-state index in [0.717, 1.165) is 16.4 Å². The predicted octanol–water partition coefficient (Wildman–Crippen LogP) is 4.29. The molecule has 0 fully saturated rings. The summed E-state index contributed by atoms with van der Waals surface area (Å²) in [5.41, 5.74) is 0.697. The molecule has 0 bridgehead atoms. The first-order chi connectivity index (χ1) is 15.1. The van der Waals surface area contributed by atoms with E-state index >= 15 is 0 Å². The SMILES string of the molecule is COc1ccccc1N(C)S(=O)(=O)c1ccc(C(=O)NC(C)c2ccc(F)cc2F)cc1. The Balaban J connectivity index is 1.78. The molecule has 0 aliphatic rings. The van der Waals surface area contributed by atoms with Crippen LogP contribution in [0.25, 0.3) is 0 Å². The minimum absolute atomic E-state index is 0.0138. The van der Waals surface area contributed by atoms with Gasteiger partial charge in [0.05, 0.1) is 23.7 Å². The molecule has 9 heteroatoms. The first-order valence-corrected chi connectivity index (χ1v) is 11.1. The molecule has 1 unspecified atom stereocenters. The standard InChI is InChI=1S/C23H22F2N2O4S/c1-15(19-13-10-17(24)14-20(19)25)26-23(28)16-8-11-18(12-9-16)32(29,30)27(2)21-6-4-5-7-22(21)31-3/h4-15H,1-3H3,(H,26,28). The van der Waals surface area contributed by atoms with Crippen LogP contribution in [0.5, 0.6) is 5.75 Å². The van der Waals surface area contributed by atoms with Crippen molar-refractivity contribution in [2.24, 2.45) is 0 Å². The number of benzene rings is 3. The van der Waals surface area contributed by atoms with Crippen LogP contribution >= 0.6 is 0 Å². The fourth-order valence-electron chi connectivity index (χ4n) is 3.17. The first-order valence-electron chi connectivity index (χ1n) is 9.63. The molecule has 32 heavy (non-hydrogen) atoms. The van der Waals surface area contributed by atoms with Gasteiger partial charge in [0.1, 0.15) is 17.4 Å². The maximum atomic E-state index is 13.9. The quantitative estimate of drug-likeness (QED) is 0.571. The Hall–Kier alpha value is -3.46. The van der Waals surface area contributed by atoms with Crippen LogP contribution in [0.4, 0.5) is 14.5 Å². The second kappa shape index (κ2) is 9.35. The molecule has 0 aliphatic carbocycles. The van der Waals surface area contributed by atoms with Gasteiger partial charge in [0, 0.05) is 24.2 Å². The number of methoxy groups -OCH3 is 1. The number of ether oxygens (including phenoxy) is 1. The largest absolute Gasteiger partial charge is 0.495 e. The zero-order valence-corrected chi connectivity index (χ0v) is 18.5. The van der Waals surface area contributed by atoms with Gasteiger partial charge < -0.3 is 10.1 Å². The van der Waals surface area contributed by atoms with Crippen LogP contribution in [0.1, 0.15) is 28.9 Å². The number of rotatable bonds is 7. The molecule has 0 saturated carbocycles. The molecule has 0 radical (unpaired) electrons. The van der Waals surface area contributed by atoms with E-state index in [-0.39, 0.29) is 16.0 Å². The zero-order chi connectivity index (χ0) is 23.5. The van der Waals surface area contributed by atoms with Gasteiger partial charge in [-0.15, -0.1) is 0 Å². The number of para-hydroxylation sites is 2. The van der Waals surface area contributed by atoms with E-state index in [1.807, 2.05) is 0 Å². The summed E-state index contributed by atoms with van der Waals surface area (Å²) in [4.78, 5) is 12.5. The van der Waals surface area contributed by atoms with Crippen LogP contribution < -0.4 is 14.4 Å². The topological polar surface area (TPSA) is 75.7 Å². The molecule has 1 atom stereocenters. The van der Waals surface area contributed by atoms with Gasteiger partial charge >= 0.3 is 0 Å². The lowest BCUT2D eigenvalue weighted by molar-refractivity contribution is 0.0939. The van der Waals surface area contributed by atoms with E-state index in [0.29, 0.717) is 11.4 Å². The summed E-state index contributed by atoms with van der Waals surface area (Å²) in [7, 11) is -1.05. The van der Waals surface area contributed by atoms with Gasteiger partial charge in [-0.3, -0.25) is 9.10 Å². The van der Waals surface area contributed by atoms with Gasteiger partial charge in [-0.05, 0) is 49.4 Å². The Morgan fingerprint density at radius 1 is 1.03 bits per heavy atom. The number of nitrogens with one attached hydrogen (secondary N) is 1. The average molecular weight is 461 g/mol. The summed E-state index contributed by atoms with van der Waals surface area (Å²) in [6.07, 6.45) is 0. The van der Waals surface area contributed by atoms with Crippen LogP contribution in [0, 0.1) is 11.6 Å². The monoisotopic (exact) mass is 460 g/mol. The Labute approximate surface area is 185 Å². The molecule has 6 nitrogen and oxygen atoms in total. The van der Waals surface area contributed by atoms with Crippen LogP contribution in [-0.2, 0) is 10.0 Å². The highest BCUT2D eigenvalue weighted by molar-refractivity contribution is 7.92. The Morgan fingerprint density at radius 2 is 1.69 bits per heavy atom. The fraction of sp³-hybridized carbons (Fsp3) is 0.174. The molecule has 0 saturated heterocycles. The molecule has 0 aromatic heterocycles. The second-order valence-corrected chi connectivity index (χ2v) is 9.00. The highest BCUT2D eigenvalue weighted by Gasteiger charge is 2.24. The number of sulfonamides is 1. The van der Waals surface area contributed by atoms with Crippen molar-refractivity contribution >= 4 is 21.6 Å². The molecule has 0 aliphatic heterocycles. The minimum atomic E-state index is -3.91. The van der Waals surface area contributed by atoms with Crippen LogP contribution in [-0.4, -0.2) is 28.5 Å². The molecule has 3 rings (SSSR count). The summed E-state index contributed by atoms with van der Waals surface area (Å²) in [5, 5.41) is 2.62. The molecule has 0 spiro atoms. The second-order valence-electron chi connectivity index (χ2n) is 7.03. The van der Waals surface area contributed by atoms with Gasteiger partial charge in [0.15, 0.2) is 0 Å². The molecule has 3 aromatic carbocycles. The van der Waals surface area contributed by atoms with Crippen molar-refractivity contribution in [1.29, 1.82) is 0 Å². The van der Waals surface area contributed by atoms with E-state index in [2.05, 4.69) is 5.32 Å². The van der Waals surface area contributed by atoms with Gasteiger partial charge in [0.2, 0.25) is 0 Å². The van der Waals surface area contributed by atoms with Crippen molar-refractivity contribution < 1.29 is 26.7 Å². The zero-order valence-electron chi connectivity index (χ0n) is 17.7. The highest BCUT2D eigenvalue weighted by atomic mass is 32.2.